The quantitative estimate of drug-likeness (QED) is 0.725. The molecule has 0 aliphatic carbocycles. The molecule has 6 heteroatoms. The van der Waals surface area contributed by atoms with Crippen LogP contribution in [0, 0.1) is 0 Å². The Morgan fingerprint density at radius 1 is 1.75 bits per heavy atom. The predicted molar refractivity (Wildman–Crippen MR) is 60.6 cm³/mol. The van der Waals surface area contributed by atoms with Gasteiger partial charge in [0.05, 0.1) is 24.6 Å². The number of ether oxygens (including phenoxy) is 1. The molecule has 0 saturated carbocycles. The highest BCUT2D eigenvalue weighted by molar-refractivity contribution is 5.38. The van der Waals surface area contributed by atoms with Crippen molar-refractivity contribution in [3.63, 3.8) is 0 Å². The maximum Gasteiger partial charge on any atom is 0.266 e. The highest BCUT2D eigenvalue weighted by Gasteiger charge is 2.17. The highest BCUT2D eigenvalue weighted by atomic mass is 16.5. The Balaban J connectivity index is 1.85. The van der Waals surface area contributed by atoms with E-state index in [-0.39, 0.29) is 11.7 Å². The average Bonchev–Trinajstić information content (AvgIpc) is 2.27. The number of hydrogen-bond acceptors (Lipinski definition) is 5. The Hall–Kier alpha value is -1.40. The molecule has 1 aromatic heterocycles. The van der Waals surface area contributed by atoms with Crippen LogP contribution in [0.2, 0.25) is 0 Å². The SMILES string of the molecule is CN1CCOC(CNc2cn[nH]c(=O)c2)C1. The van der Waals surface area contributed by atoms with Gasteiger partial charge in [0.2, 0.25) is 0 Å². The highest BCUT2D eigenvalue weighted by Crippen LogP contribution is 2.05. The Labute approximate surface area is 93.6 Å². The van der Waals surface area contributed by atoms with Crippen LogP contribution in [0.3, 0.4) is 0 Å². The minimum absolute atomic E-state index is 0.165. The lowest BCUT2D eigenvalue weighted by molar-refractivity contribution is -0.0117. The van der Waals surface area contributed by atoms with Gasteiger partial charge in [0.1, 0.15) is 0 Å². The van der Waals surface area contributed by atoms with E-state index in [0.717, 1.165) is 25.4 Å². The molecule has 88 valence electrons. The molecule has 0 spiro atoms. The summed E-state index contributed by atoms with van der Waals surface area (Å²) in [4.78, 5) is 13.2. The molecule has 1 aliphatic rings. The van der Waals surface area contributed by atoms with Crippen LogP contribution in [0.15, 0.2) is 17.1 Å². The number of nitrogens with one attached hydrogen (secondary N) is 2. The van der Waals surface area contributed by atoms with E-state index in [0.29, 0.717) is 6.54 Å². The van der Waals surface area contributed by atoms with Crippen molar-refractivity contribution in [3.8, 4) is 0 Å². The number of likely N-dealkylation sites (N-methyl/N-ethyl adjacent to an activating group) is 1. The normalized spacial score (nSPS) is 21.9. The van der Waals surface area contributed by atoms with E-state index >= 15 is 0 Å². The van der Waals surface area contributed by atoms with Crippen molar-refractivity contribution >= 4 is 5.69 Å². The second kappa shape index (κ2) is 5.09. The largest absolute Gasteiger partial charge is 0.381 e. The molecule has 1 aliphatic heterocycles. The molecule has 1 atom stereocenters. The fourth-order valence-electron chi connectivity index (χ4n) is 1.69. The van der Waals surface area contributed by atoms with Gasteiger partial charge in [-0.25, -0.2) is 5.10 Å². The smallest absolute Gasteiger partial charge is 0.266 e. The van der Waals surface area contributed by atoms with E-state index in [9.17, 15) is 4.79 Å². The second-order valence-corrected chi connectivity index (χ2v) is 3.97. The molecule has 2 heterocycles. The molecule has 1 saturated heterocycles. The summed E-state index contributed by atoms with van der Waals surface area (Å²) < 4.78 is 5.59. The van der Waals surface area contributed by atoms with Gasteiger partial charge < -0.3 is 15.0 Å². The first kappa shape index (κ1) is 11.1. The van der Waals surface area contributed by atoms with Gasteiger partial charge in [0.15, 0.2) is 0 Å². The fraction of sp³-hybridized carbons (Fsp3) is 0.600. The van der Waals surface area contributed by atoms with Crippen LogP contribution in [0.4, 0.5) is 5.69 Å². The van der Waals surface area contributed by atoms with Crippen LogP contribution in [-0.2, 0) is 4.74 Å². The van der Waals surface area contributed by atoms with Crippen molar-refractivity contribution < 1.29 is 4.74 Å². The van der Waals surface area contributed by atoms with Gasteiger partial charge in [0, 0.05) is 25.7 Å². The molecule has 1 fully saturated rings. The van der Waals surface area contributed by atoms with Gasteiger partial charge in [0.25, 0.3) is 5.56 Å². The van der Waals surface area contributed by atoms with Gasteiger partial charge in [-0.3, -0.25) is 4.79 Å². The van der Waals surface area contributed by atoms with E-state index in [1.54, 1.807) is 6.20 Å². The van der Waals surface area contributed by atoms with Crippen molar-refractivity contribution in [3.05, 3.63) is 22.6 Å². The summed E-state index contributed by atoms with van der Waals surface area (Å²) in [7, 11) is 2.07. The van der Waals surface area contributed by atoms with Gasteiger partial charge >= 0.3 is 0 Å². The van der Waals surface area contributed by atoms with Crippen molar-refractivity contribution in [2.45, 2.75) is 6.10 Å². The number of aromatic amines is 1. The van der Waals surface area contributed by atoms with Crippen LogP contribution in [0.5, 0.6) is 0 Å². The molecule has 2 rings (SSSR count). The Morgan fingerprint density at radius 2 is 2.62 bits per heavy atom. The van der Waals surface area contributed by atoms with Gasteiger partial charge in [-0.05, 0) is 7.05 Å². The second-order valence-electron chi connectivity index (χ2n) is 3.97. The molecule has 6 nitrogen and oxygen atoms in total. The first-order valence-electron chi connectivity index (χ1n) is 5.33. The number of anilines is 1. The number of morpholine rings is 1. The summed E-state index contributed by atoms with van der Waals surface area (Å²) >= 11 is 0. The summed E-state index contributed by atoms with van der Waals surface area (Å²) in [6.07, 6.45) is 1.76. The maximum atomic E-state index is 11.0. The third-order valence-corrected chi connectivity index (χ3v) is 2.54. The number of nitrogens with zero attached hydrogens (tertiary/aromatic N) is 2. The van der Waals surface area contributed by atoms with Crippen molar-refractivity contribution in [2.75, 3.05) is 38.6 Å². The molecule has 0 radical (unpaired) electrons. The van der Waals surface area contributed by atoms with E-state index in [4.69, 9.17) is 4.74 Å². The van der Waals surface area contributed by atoms with Crippen LogP contribution in [-0.4, -0.2) is 54.5 Å². The molecular weight excluding hydrogens is 208 g/mol. The zero-order chi connectivity index (χ0) is 11.4. The lowest BCUT2D eigenvalue weighted by Gasteiger charge is -2.30. The minimum atomic E-state index is -0.202. The van der Waals surface area contributed by atoms with Crippen LogP contribution in [0.1, 0.15) is 0 Å². The predicted octanol–water partition coefficient (Wildman–Crippen LogP) is -0.488. The molecule has 1 unspecified atom stereocenters. The van der Waals surface area contributed by atoms with E-state index in [1.807, 2.05) is 0 Å². The minimum Gasteiger partial charge on any atom is -0.381 e. The van der Waals surface area contributed by atoms with Crippen LogP contribution >= 0.6 is 0 Å². The lowest BCUT2D eigenvalue weighted by Crippen LogP contribution is -2.43. The number of rotatable bonds is 3. The van der Waals surface area contributed by atoms with E-state index in [1.165, 1.54) is 6.07 Å². The molecule has 1 aromatic rings. The number of H-pyrrole nitrogens is 1. The zero-order valence-corrected chi connectivity index (χ0v) is 9.27. The first-order valence-corrected chi connectivity index (χ1v) is 5.33. The monoisotopic (exact) mass is 224 g/mol. The van der Waals surface area contributed by atoms with Crippen LogP contribution in [0.25, 0.3) is 0 Å². The van der Waals surface area contributed by atoms with Crippen molar-refractivity contribution in [2.24, 2.45) is 0 Å². The molecule has 0 amide bonds. The number of aromatic nitrogens is 2. The van der Waals surface area contributed by atoms with Crippen molar-refractivity contribution in [1.29, 1.82) is 0 Å². The molecule has 0 bridgehead atoms. The summed E-state index contributed by atoms with van der Waals surface area (Å²) in [6.45, 7) is 3.33. The van der Waals surface area contributed by atoms with Gasteiger partial charge in [-0.15, -0.1) is 0 Å². The standard InChI is InChI=1S/C10H16N4O2/c1-14-2-3-16-9(7-14)6-11-8-4-10(15)13-12-5-8/h4-5,9H,2-3,6-7H2,1H3,(H2,11,13,15). The van der Waals surface area contributed by atoms with E-state index < -0.39 is 0 Å². The molecular formula is C10H16N4O2. The fourth-order valence-corrected chi connectivity index (χ4v) is 1.69. The Morgan fingerprint density at radius 3 is 3.38 bits per heavy atom. The summed E-state index contributed by atoms with van der Waals surface area (Å²) in [5.41, 5.74) is 0.521. The molecule has 0 aromatic carbocycles. The topological polar surface area (TPSA) is 70.2 Å². The van der Waals surface area contributed by atoms with Gasteiger partial charge in [-0.1, -0.05) is 0 Å². The summed E-state index contributed by atoms with van der Waals surface area (Å²) in [6, 6.07) is 1.49. The van der Waals surface area contributed by atoms with Crippen molar-refractivity contribution in [1.82, 2.24) is 15.1 Å². The lowest BCUT2D eigenvalue weighted by atomic mass is 10.3. The Kier molecular flexibility index (Phi) is 3.53. The third kappa shape index (κ3) is 3.04. The van der Waals surface area contributed by atoms with Crippen LogP contribution < -0.4 is 10.9 Å². The maximum absolute atomic E-state index is 11.0. The van der Waals surface area contributed by atoms with E-state index in [2.05, 4.69) is 27.5 Å². The third-order valence-electron chi connectivity index (χ3n) is 2.54. The Bertz CT molecular complexity index is 392. The average molecular weight is 224 g/mol. The zero-order valence-electron chi connectivity index (χ0n) is 9.27. The molecule has 2 N–H and O–H groups in total. The first-order chi connectivity index (χ1) is 7.74. The summed E-state index contributed by atoms with van der Waals surface area (Å²) in [5.74, 6) is 0. The number of hydrogen-bond donors (Lipinski definition) is 2. The molecule has 16 heavy (non-hydrogen) atoms. The summed E-state index contributed by atoms with van der Waals surface area (Å²) in [5, 5.41) is 9.18. The van der Waals surface area contributed by atoms with Gasteiger partial charge in [-0.2, -0.15) is 5.10 Å².